The Kier molecular flexibility index (Phi) is 4.25. The van der Waals surface area contributed by atoms with Gasteiger partial charge in [-0.3, -0.25) is 0 Å². The number of nitrogens with one attached hydrogen (secondary N) is 1. The van der Waals surface area contributed by atoms with Crippen molar-refractivity contribution in [3.05, 3.63) is 29.3 Å². The van der Waals surface area contributed by atoms with Crippen LogP contribution in [0.15, 0.2) is 12.1 Å². The quantitative estimate of drug-likeness (QED) is 0.896. The summed E-state index contributed by atoms with van der Waals surface area (Å²) in [5.74, 6) is -1.50. The summed E-state index contributed by atoms with van der Waals surface area (Å²) in [6.45, 7) is 4.30. The molecule has 18 heavy (non-hydrogen) atoms. The summed E-state index contributed by atoms with van der Waals surface area (Å²) < 4.78 is 27.2. The highest BCUT2D eigenvalue weighted by Gasteiger charge is 2.21. The van der Waals surface area contributed by atoms with Gasteiger partial charge in [0.05, 0.1) is 11.6 Å². The topological polar surface area (TPSA) is 39.1 Å². The highest BCUT2D eigenvalue weighted by Crippen LogP contribution is 2.22. The fraction of sp³-hybridized carbons (Fsp3) is 0.462. The SMILES string of the molecule is CN(C)C(C)(C)CNc1c(F)cc(C#N)cc1F. The lowest BCUT2D eigenvalue weighted by Gasteiger charge is -2.33. The van der Waals surface area contributed by atoms with Gasteiger partial charge in [-0.2, -0.15) is 5.26 Å². The van der Waals surface area contributed by atoms with E-state index in [0.717, 1.165) is 12.1 Å². The van der Waals surface area contributed by atoms with Crippen molar-refractivity contribution in [2.75, 3.05) is 26.0 Å². The predicted molar refractivity (Wildman–Crippen MR) is 67.3 cm³/mol. The Morgan fingerprint density at radius 2 is 1.78 bits per heavy atom. The van der Waals surface area contributed by atoms with Gasteiger partial charge in [0.1, 0.15) is 5.69 Å². The molecule has 0 radical (unpaired) electrons. The zero-order chi connectivity index (χ0) is 13.9. The molecule has 1 aromatic carbocycles. The van der Waals surface area contributed by atoms with Crippen LogP contribution in [-0.4, -0.2) is 31.1 Å². The number of hydrogen-bond acceptors (Lipinski definition) is 3. The minimum absolute atomic E-state index is 0.0255. The number of anilines is 1. The van der Waals surface area contributed by atoms with Crippen molar-refractivity contribution in [3.8, 4) is 6.07 Å². The van der Waals surface area contributed by atoms with Gasteiger partial charge in [-0.1, -0.05) is 0 Å². The summed E-state index contributed by atoms with van der Waals surface area (Å²) in [6, 6.07) is 3.75. The summed E-state index contributed by atoms with van der Waals surface area (Å²) in [5, 5.41) is 11.4. The molecule has 0 aliphatic rings. The average Bonchev–Trinajstić information content (AvgIpc) is 2.27. The van der Waals surface area contributed by atoms with E-state index in [1.807, 2.05) is 32.8 Å². The van der Waals surface area contributed by atoms with Crippen LogP contribution in [0.3, 0.4) is 0 Å². The minimum atomic E-state index is -0.749. The Hall–Kier alpha value is -1.67. The Morgan fingerprint density at radius 3 is 2.17 bits per heavy atom. The van der Waals surface area contributed by atoms with Crippen molar-refractivity contribution in [1.29, 1.82) is 5.26 Å². The summed E-state index contributed by atoms with van der Waals surface area (Å²) in [4.78, 5) is 1.96. The van der Waals surface area contributed by atoms with Gasteiger partial charge < -0.3 is 10.2 Å². The van der Waals surface area contributed by atoms with Crippen molar-refractivity contribution in [1.82, 2.24) is 4.90 Å². The van der Waals surface area contributed by atoms with E-state index in [1.165, 1.54) is 0 Å². The van der Waals surface area contributed by atoms with Gasteiger partial charge in [-0.05, 0) is 40.1 Å². The minimum Gasteiger partial charge on any atom is -0.378 e. The highest BCUT2D eigenvalue weighted by molar-refractivity contribution is 5.50. The first-order chi connectivity index (χ1) is 8.27. The molecule has 0 spiro atoms. The van der Waals surface area contributed by atoms with E-state index in [2.05, 4.69) is 5.32 Å². The van der Waals surface area contributed by atoms with Gasteiger partial charge in [-0.15, -0.1) is 0 Å². The molecule has 0 heterocycles. The molecule has 0 aromatic heterocycles. The van der Waals surface area contributed by atoms with E-state index in [0.29, 0.717) is 6.54 Å². The monoisotopic (exact) mass is 253 g/mol. The molecule has 0 saturated heterocycles. The first kappa shape index (κ1) is 14.4. The normalized spacial score (nSPS) is 11.4. The van der Waals surface area contributed by atoms with Gasteiger partial charge in [0, 0.05) is 12.1 Å². The second-order valence-electron chi connectivity index (χ2n) is 4.99. The van der Waals surface area contributed by atoms with Crippen LogP contribution in [0, 0.1) is 23.0 Å². The van der Waals surface area contributed by atoms with E-state index in [-0.39, 0.29) is 16.8 Å². The van der Waals surface area contributed by atoms with Gasteiger partial charge in [0.15, 0.2) is 11.6 Å². The summed E-state index contributed by atoms with van der Waals surface area (Å²) in [6.07, 6.45) is 0. The number of halogens is 2. The Balaban J connectivity index is 2.90. The third-order valence-corrected chi connectivity index (χ3v) is 3.08. The number of hydrogen-bond donors (Lipinski definition) is 1. The first-order valence-electron chi connectivity index (χ1n) is 5.58. The van der Waals surface area contributed by atoms with Gasteiger partial charge in [0.2, 0.25) is 0 Å². The zero-order valence-corrected chi connectivity index (χ0v) is 11.0. The molecule has 1 aromatic rings. The molecule has 0 atom stereocenters. The van der Waals surface area contributed by atoms with Crippen molar-refractivity contribution < 1.29 is 8.78 Å². The molecule has 98 valence electrons. The molecule has 5 heteroatoms. The smallest absolute Gasteiger partial charge is 0.150 e. The van der Waals surface area contributed by atoms with E-state index < -0.39 is 11.6 Å². The van der Waals surface area contributed by atoms with E-state index in [9.17, 15) is 8.78 Å². The second kappa shape index (κ2) is 5.32. The number of likely N-dealkylation sites (N-methyl/N-ethyl adjacent to an activating group) is 1. The maximum Gasteiger partial charge on any atom is 0.150 e. The first-order valence-corrected chi connectivity index (χ1v) is 5.58. The van der Waals surface area contributed by atoms with Crippen molar-refractivity contribution in [3.63, 3.8) is 0 Å². The zero-order valence-electron chi connectivity index (χ0n) is 11.0. The number of nitriles is 1. The van der Waals surface area contributed by atoms with Gasteiger partial charge in [0.25, 0.3) is 0 Å². The third kappa shape index (κ3) is 3.17. The van der Waals surface area contributed by atoms with Gasteiger partial charge in [-0.25, -0.2) is 8.78 Å². The lowest BCUT2D eigenvalue weighted by Crippen LogP contribution is -2.44. The lowest BCUT2D eigenvalue weighted by atomic mass is 10.0. The fourth-order valence-corrected chi connectivity index (χ4v) is 1.27. The molecular weight excluding hydrogens is 236 g/mol. The summed E-state index contributed by atoms with van der Waals surface area (Å²) >= 11 is 0. The molecule has 0 unspecified atom stereocenters. The van der Waals surface area contributed by atoms with Crippen LogP contribution in [0.1, 0.15) is 19.4 Å². The van der Waals surface area contributed by atoms with E-state index in [1.54, 1.807) is 6.07 Å². The van der Waals surface area contributed by atoms with Crippen LogP contribution in [0.25, 0.3) is 0 Å². The highest BCUT2D eigenvalue weighted by atomic mass is 19.1. The predicted octanol–water partition coefficient (Wildman–Crippen LogP) is 2.59. The molecule has 1 N–H and O–H groups in total. The standard InChI is InChI=1S/C13H17F2N3/c1-13(2,18(3)4)8-17-12-10(14)5-9(7-16)6-11(12)15/h5-6,17H,8H2,1-4H3. The summed E-state index contributed by atoms with van der Waals surface area (Å²) in [7, 11) is 3.79. The summed E-state index contributed by atoms with van der Waals surface area (Å²) in [5.41, 5.74) is -0.460. The largest absolute Gasteiger partial charge is 0.378 e. The molecule has 0 fully saturated rings. The van der Waals surface area contributed by atoms with Crippen molar-refractivity contribution in [2.45, 2.75) is 19.4 Å². The number of nitrogens with zero attached hydrogens (tertiary/aromatic N) is 2. The molecular formula is C13H17F2N3. The maximum absolute atomic E-state index is 13.6. The van der Waals surface area contributed by atoms with Crippen molar-refractivity contribution in [2.24, 2.45) is 0 Å². The molecule has 3 nitrogen and oxygen atoms in total. The molecule has 0 aliphatic heterocycles. The van der Waals surface area contributed by atoms with Crippen LogP contribution in [0.4, 0.5) is 14.5 Å². The van der Waals surface area contributed by atoms with Crippen LogP contribution < -0.4 is 5.32 Å². The third-order valence-electron chi connectivity index (χ3n) is 3.08. The van der Waals surface area contributed by atoms with Crippen molar-refractivity contribution >= 4 is 5.69 Å². The van der Waals surface area contributed by atoms with Gasteiger partial charge >= 0.3 is 0 Å². The Bertz CT molecular complexity index is 453. The lowest BCUT2D eigenvalue weighted by molar-refractivity contribution is 0.209. The average molecular weight is 253 g/mol. The molecule has 0 amide bonds. The Labute approximate surface area is 106 Å². The van der Waals surface area contributed by atoms with E-state index in [4.69, 9.17) is 5.26 Å². The van der Waals surface area contributed by atoms with Crippen LogP contribution >= 0.6 is 0 Å². The van der Waals surface area contributed by atoms with Crippen LogP contribution in [0.2, 0.25) is 0 Å². The molecule has 0 aliphatic carbocycles. The Morgan fingerprint density at radius 1 is 1.28 bits per heavy atom. The van der Waals surface area contributed by atoms with Crippen LogP contribution in [-0.2, 0) is 0 Å². The van der Waals surface area contributed by atoms with E-state index >= 15 is 0 Å². The maximum atomic E-state index is 13.6. The second-order valence-corrected chi connectivity index (χ2v) is 4.99. The molecule has 0 saturated carbocycles. The number of rotatable bonds is 4. The fourth-order valence-electron chi connectivity index (χ4n) is 1.27. The molecule has 1 rings (SSSR count). The number of benzene rings is 1. The van der Waals surface area contributed by atoms with Crippen LogP contribution in [0.5, 0.6) is 0 Å². The molecule has 0 bridgehead atoms.